The van der Waals surface area contributed by atoms with Crippen molar-refractivity contribution in [1.82, 2.24) is 4.90 Å². The number of carbonyl (C=O) groups excluding carboxylic acids is 2. The summed E-state index contributed by atoms with van der Waals surface area (Å²) in [6, 6.07) is 8.12. The molecule has 2 aromatic carbocycles. The van der Waals surface area contributed by atoms with E-state index in [1.54, 1.807) is 24.3 Å². The molecular weight excluding hydrogens is 454 g/mol. The maximum Gasteiger partial charge on any atom is 0.318 e. The highest BCUT2D eigenvalue weighted by atomic mass is 35.5. The van der Waals surface area contributed by atoms with Gasteiger partial charge in [0.2, 0.25) is 5.75 Å². The number of aromatic hydroxyl groups is 1. The van der Waals surface area contributed by atoms with Crippen molar-refractivity contribution < 1.29 is 29.3 Å². The zero-order valence-corrected chi connectivity index (χ0v) is 17.0. The molecule has 1 saturated heterocycles. The summed E-state index contributed by atoms with van der Waals surface area (Å²) < 4.78 is 5.46. The molecule has 160 valence electrons. The third kappa shape index (κ3) is 4.75. The Labute approximate surface area is 183 Å². The number of rotatable bonds is 7. The fourth-order valence-corrected chi connectivity index (χ4v) is 3.67. The Morgan fingerprint density at radius 3 is 2.52 bits per heavy atom. The minimum Gasteiger partial charge on any atom is -0.502 e. The van der Waals surface area contributed by atoms with Gasteiger partial charge < -0.3 is 9.84 Å². The maximum atomic E-state index is 12.6. The van der Waals surface area contributed by atoms with Crippen LogP contribution in [0.1, 0.15) is 5.56 Å². The number of hydrogen-bond acceptors (Lipinski definition) is 9. The lowest BCUT2D eigenvalue weighted by Gasteiger charge is -2.13. The summed E-state index contributed by atoms with van der Waals surface area (Å²) in [5.74, 6) is -1.21. The molecule has 1 aliphatic rings. The van der Waals surface area contributed by atoms with Gasteiger partial charge >= 0.3 is 5.69 Å². The van der Waals surface area contributed by atoms with Crippen LogP contribution in [0.15, 0.2) is 41.3 Å². The number of thioether (sulfide) groups is 1. The van der Waals surface area contributed by atoms with Crippen LogP contribution in [0.5, 0.6) is 11.5 Å². The molecule has 0 saturated carbocycles. The molecule has 2 aromatic rings. The first-order valence-electron chi connectivity index (χ1n) is 8.47. The Morgan fingerprint density at radius 1 is 1.16 bits per heavy atom. The summed E-state index contributed by atoms with van der Waals surface area (Å²) in [5, 5.41) is 31.9. The van der Waals surface area contributed by atoms with Gasteiger partial charge in [0.15, 0.2) is 0 Å². The number of amides is 2. The third-order valence-electron chi connectivity index (χ3n) is 4.08. The molecule has 0 aromatic heterocycles. The van der Waals surface area contributed by atoms with Crippen molar-refractivity contribution in [3.8, 4) is 11.5 Å². The zero-order valence-electron chi connectivity index (χ0n) is 15.4. The second-order valence-electron chi connectivity index (χ2n) is 6.03. The predicted molar refractivity (Wildman–Crippen MR) is 111 cm³/mol. The lowest BCUT2D eigenvalue weighted by Crippen LogP contribution is -2.32. The summed E-state index contributed by atoms with van der Waals surface area (Å²) in [7, 11) is 0. The van der Waals surface area contributed by atoms with Crippen LogP contribution in [0.4, 0.5) is 16.2 Å². The molecule has 2 amide bonds. The minimum absolute atomic E-state index is 0.0391. The van der Waals surface area contributed by atoms with Crippen LogP contribution in [0.25, 0.3) is 6.08 Å². The van der Waals surface area contributed by atoms with Gasteiger partial charge in [-0.1, -0.05) is 23.7 Å². The molecule has 0 radical (unpaired) electrons. The molecule has 0 atom stereocenters. The van der Waals surface area contributed by atoms with Gasteiger partial charge in [0.05, 0.1) is 32.4 Å². The number of imide groups is 1. The van der Waals surface area contributed by atoms with Gasteiger partial charge in [-0.2, -0.15) is 0 Å². The van der Waals surface area contributed by atoms with E-state index in [2.05, 4.69) is 0 Å². The van der Waals surface area contributed by atoms with Gasteiger partial charge in [0, 0.05) is 11.6 Å². The topological polar surface area (TPSA) is 153 Å². The van der Waals surface area contributed by atoms with Crippen LogP contribution in [0.2, 0.25) is 5.02 Å². The number of halogens is 1. The van der Waals surface area contributed by atoms with Crippen molar-refractivity contribution in [3.05, 3.63) is 72.1 Å². The first kappa shape index (κ1) is 22.1. The number of para-hydroxylation sites is 1. The highest BCUT2D eigenvalue weighted by Gasteiger charge is 2.35. The average Bonchev–Trinajstić information content (AvgIpc) is 2.97. The van der Waals surface area contributed by atoms with E-state index in [9.17, 15) is 34.9 Å². The van der Waals surface area contributed by atoms with Gasteiger partial charge in [-0.3, -0.25) is 34.7 Å². The second-order valence-corrected chi connectivity index (χ2v) is 7.43. The monoisotopic (exact) mass is 465 g/mol. The number of nitro groups is 2. The van der Waals surface area contributed by atoms with Gasteiger partial charge in [-0.25, -0.2) is 0 Å². The number of phenols is 1. The van der Waals surface area contributed by atoms with Gasteiger partial charge in [0.25, 0.3) is 16.8 Å². The second kappa shape index (κ2) is 9.02. The molecule has 0 spiro atoms. The largest absolute Gasteiger partial charge is 0.502 e. The molecule has 1 fully saturated rings. The van der Waals surface area contributed by atoms with Gasteiger partial charge in [0.1, 0.15) is 12.4 Å². The molecule has 11 nitrogen and oxygen atoms in total. The van der Waals surface area contributed by atoms with E-state index in [-0.39, 0.29) is 23.6 Å². The van der Waals surface area contributed by atoms with Crippen LogP contribution in [-0.2, 0) is 4.79 Å². The Kier molecular flexibility index (Phi) is 6.42. The number of hydrogen-bond donors (Lipinski definition) is 1. The van der Waals surface area contributed by atoms with Crippen molar-refractivity contribution in [3.63, 3.8) is 0 Å². The van der Waals surface area contributed by atoms with Crippen molar-refractivity contribution in [2.75, 3.05) is 13.2 Å². The van der Waals surface area contributed by atoms with Crippen LogP contribution < -0.4 is 4.74 Å². The first-order chi connectivity index (χ1) is 14.7. The quantitative estimate of drug-likeness (QED) is 0.363. The van der Waals surface area contributed by atoms with Crippen LogP contribution in [-0.4, -0.2) is 44.2 Å². The molecule has 31 heavy (non-hydrogen) atoms. The smallest absolute Gasteiger partial charge is 0.318 e. The van der Waals surface area contributed by atoms with Crippen molar-refractivity contribution in [1.29, 1.82) is 0 Å². The van der Waals surface area contributed by atoms with Gasteiger partial charge in [-0.05, 0) is 30.0 Å². The van der Waals surface area contributed by atoms with E-state index in [0.717, 1.165) is 17.0 Å². The normalized spacial score (nSPS) is 14.9. The minimum atomic E-state index is -0.989. The summed E-state index contributed by atoms with van der Waals surface area (Å²) in [4.78, 5) is 45.7. The highest BCUT2D eigenvalue weighted by Crippen LogP contribution is 2.39. The lowest BCUT2D eigenvalue weighted by atomic mass is 10.1. The molecule has 3 rings (SSSR count). The van der Waals surface area contributed by atoms with E-state index in [1.165, 1.54) is 0 Å². The molecular formula is C18H12ClN3O8S. The predicted octanol–water partition coefficient (Wildman–Crippen LogP) is 3.98. The van der Waals surface area contributed by atoms with E-state index in [1.807, 2.05) is 0 Å². The lowest BCUT2D eigenvalue weighted by molar-refractivity contribution is -0.394. The number of non-ortho nitro benzene ring substituents is 1. The Balaban J connectivity index is 1.81. The average molecular weight is 466 g/mol. The number of nitrogens with zero attached hydrogens (tertiary/aromatic N) is 3. The van der Waals surface area contributed by atoms with Crippen LogP contribution in [0.3, 0.4) is 0 Å². The Hall–Kier alpha value is -3.64. The van der Waals surface area contributed by atoms with E-state index >= 15 is 0 Å². The number of benzene rings is 2. The number of nitro benzene ring substituents is 2. The van der Waals surface area contributed by atoms with Crippen LogP contribution >= 0.6 is 23.4 Å². The van der Waals surface area contributed by atoms with Crippen molar-refractivity contribution in [2.24, 2.45) is 0 Å². The van der Waals surface area contributed by atoms with Crippen LogP contribution in [0, 0.1) is 20.2 Å². The third-order valence-corrected chi connectivity index (χ3v) is 5.30. The standard InChI is InChI=1S/C18H12ClN3O8S/c19-12-3-1-2-4-14(12)30-6-5-20-17(24)15(31-18(20)25)8-10-7-11(21(26)27)9-13(16(10)23)22(28)29/h1-4,7-9,23H,5-6H2/b15-8-. The highest BCUT2D eigenvalue weighted by molar-refractivity contribution is 8.18. The fourth-order valence-electron chi connectivity index (χ4n) is 2.62. The number of ether oxygens (including phenoxy) is 1. The zero-order chi connectivity index (χ0) is 22.7. The fraction of sp³-hybridized carbons (Fsp3) is 0.111. The van der Waals surface area contributed by atoms with E-state index in [4.69, 9.17) is 16.3 Å². The molecule has 0 unspecified atom stereocenters. The van der Waals surface area contributed by atoms with E-state index < -0.39 is 38.1 Å². The van der Waals surface area contributed by atoms with Crippen molar-refractivity contribution in [2.45, 2.75) is 0 Å². The number of carbonyl (C=O) groups is 2. The molecule has 0 bridgehead atoms. The number of phenolic OH excluding ortho intramolecular Hbond substituents is 1. The SMILES string of the molecule is O=C1S/C(=C\c2cc([N+](=O)[O-])cc([N+](=O)[O-])c2O)C(=O)N1CCOc1ccccc1Cl. The molecule has 1 aliphatic heterocycles. The van der Waals surface area contributed by atoms with Gasteiger partial charge in [-0.15, -0.1) is 0 Å². The van der Waals surface area contributed by atoms with E-state index in [0.29, 0.717) is 28.6 Å². The van der Waals surface area contributed by atoms with Crippen molar-refractivity contribution >= 4 is 52.0 Å². The first-order valence-corrected chi connectivity index (χ1v) is 9.67. The molecule has 1 N–H and O–H groups in total. The Bertz CT molecular complexity index is 1140. The molecule has 13 heteroatoms. The molecule has 1 heterocycles. The summed E-state index contributed by atoms with van der Waals surface area (Å²) in [6.45, 7) is -0.142. The molecule has 0 aliphatic carbocycles. The maximum absolute atomic E-state index is 12.6. The summed E-state index contributed by atoms with van der Waals surface area (Å²) in [5.41, 5.74) is -1.88. The summed E-state index contributed by atoms with van der Waals surface area (Å²) >= 11 is 6.50. The Morgan fingerprint density at radius 2 is 1.87 bits per heavy atom. The summed E-state index contributed by atoms with van der Waals surface area (Å²) in [6.07, 6.45) is 0.995.